The molecule has 0 saturated carbocycles. The van der Waals surface area contributed by atoms with E-state index in [1.807, 2.05) is 49.4 Å². The molecule has 0 aliphatic heterocycles. The maximum absolute atomic E-state index is 11.2. The SMILES string of the molecule is Cc1ccc(-c2nc3ccccc3n2CC(=O)O)c(Cl)c1. The van der Waals surface area contributed by atoms with Crippen molar-refractivity contribution >= 4 is 28.6 Å². The highest BCUT2D eigenvalue weighted by atomic mass is 35.5. The topological polar surface area (TPSA) is 55.1 Å². The molecule has 0 aliphatic carbocycles. The molecule has 4 nitrogen and oxygen atoms in total. The van der Waals surface area contributed by atoms with Crippen LogP contribution in [-0.2, 0) is 11.3 Å². The summed E-state index contributed by atoms with van der Waals surface area (Å²) in [5.74, 6) is -0.341. The Kier molecular flexibility index (Phi) is 3.39. The molecule has 0 saturated heterocycles. The molecule has 0 unspecified atom stereocenters. The molecule has 0 radical (unpaired) electrons. The molecule has 2 aromatic carbocycles. The van der Waals surface area contributed by atoms with Crippen LogP contribution in [0.5, 0.6) is 0 Å². The molecule has 0 fully saturated rings. The van der Waals surface area contributed by atoms with Gasteiger partial charge >= 0.3 is 5.97 Å². The predicted molar refractivity (Wildman–Crippen MR) is 82.6 cm³/mol. The number of hydrogen-bond donors (Lipinski definition) is 1. The van der Waals surface area contributed by atoms with Crippen molar-refractivity contribution < 1.29 is 9.90 Å². The van der Waals surface area contributed by atoms with Gasteiger partial charge in [0.25, 0.3) is 0 Å². The number of hydrogen-bond acceptors (Lipinski definition) is 2. The van der Waals surface area contributed by atoms with Gasteiger partial charge in [0.05, 0.1) is 16.1 Å². The van der Waals surface area contributed by atoms with Crippen molar-refractivity contribution in [2.24, 2.45) is 0 Å². The lowest BCUT2D eigenvalue weighted by molar-refractivity contribution is -0.137. The van der Waals surface area contributed by atoms with Crippen LogP contribution in [0, 0.1) is 6.92 Å². The molecule has 0 spiro atoms. The second-order valence-corrected chi connectivity index (χ2v) is 5.29. The Bertz CT molecular complexity index is 839. The van der Waals surface area contributed by atoms with E-state index in [2.05, 4.69) is 4.98 Å². The number of imidazole rings is 1. The molecule has 0 atom stereocenters. The third-order valence-electron chi connectivity index (χ3n) is 3.31. The van der Waals surface area contributed by atoms with E-state index in [-0.39, 0.29) is 6.54 Å². The van der Waals surface area contributed by atoms with Crippen molar-refractivity contribution in [2.45, 2.75) is 13.5 Å². The summed E-state index contributed by atoms with van der Waals surface area (Å²) in [6, 6.07) is 13.1. The minimum absolute atomic E-state index is 0.153. The molecule has 1 heterocycles. The van der Waals surface area contributed by atoms with E-state index in [9.17, 15) is 4.79 Å². The van der Waals surface area contributed by atoms with Gasteiger partial charge in [-0.15, -0.1) is 0 Å². The summed E-state index contributed by atoms with van der Waals surface area (Å²) in [5.41, 5.74) is 3.32. The third kappa shape index (κ3) is 2.50. The summed E-state index contributed by atoms with van der Waals surface area (Å²) < 4.78 is 1.67. The molecule has 0 amide bonds. The summed E-state index contributed by atoms with van der Waals surface area (Å²) in [5, 5.41) is 9.71. The molecule has 1 N–H and O–H groups in total. The lowest BCUT2D eigenvalue weighted by atomic mass is 10.1. The Hall–Kier alpha value is -2.33. The van der Waals surface area contributed by atoms with E-state index < -0.39 is 5.97 Å². The first kappa shape index (κ1) is 13.6. The molecule has 0 aliphatic rings. The second-order valence-electron chi connectivity index (χ2n) is 4.89. The van der Waals surface area contributed by atoms with E-state index in [0.29, 0.717) is 10.8 Å². The minimum Gasteiger partial charge on any atom is -0.480 e. The summed E-state index contributed by atoms with van der Waals surface area (Å²) in [6.07, 6.45) is 0. The fourth-order valence-electron chi connectivity index (χ4n) is 2.38. The Labute approximate surface area is 126 Å². The maximum atomic E-state index is 11.2. The maximum Gasteiger partial charge on any atom is 0.323 e. The van der Waals surface area contributed by atoms with Gasteiger partial charge in [-0.1, -0.05) is 29.8 Å². The second kappa shape index (κ2) is 5.22. The Morgan fingerprint density at radius 2 is 2.05 bits per heavy atom. The number of nitrogens with zero attached hydrogens (tertiary/aromatic N) is 2. The lowest BCUT2D eigenvalue weighted by Crippen LogP contribution is -2.10. The van der Waals surface area contributed by atoms with Gasteiger partial charge in [0.1, 0.15) is 12.4 Å². The fourth-order valence-corrected chi connectivity index (χ4v) is 2.70. The average molecular weight is 301 g/mol. The lowest BCUT2D eigenvalue weighted by Gasteiger charge is -2.08. The largest absolute Gasteiger partial charge is 0.480 e. The number of carboxylic acid groups (broad SMARTS) is 1. The molecule has 0 bridgehead atoms. The highest BCUT2D eigenvalue weighted by molar-refractivity contribution is 6.33. The molecule has 3 aromatic rings. The molecule has 21 heavy (non-hydrogen) atoms. The van der Waals surface area contributed by atoms with Crippen LogP contribution in [-0.4, -0.2) is 20.6 Å². The van der Waals surface area contributed by atoms with Crippen LogP contribution in [0.15, 0.2) is 42.5 Å². The number of para-hydroxylation sites is 2. The van der Waals surface area contributed by atoms with E-state index in [0.717, 1.165) is 22.2 Å². The van der Waals surface area contributed by atoms with Crippen LogP contribution in [0.4, 0.5) is 0 Å². The predicted octanol–water partition coefficient (Wildman–Crippen LogP) is 3.75. The standard InChI is InChI=1S/C16H13ClN2O2/c1-10-6-7-11(12(17)8-10)16-18-13-4-2-3-5-14(13)19(16)9-15(20)21/h2-8H,9H2,1H3,(H,20,21). The van der Waals surface area contributed by atoms with Crippen molar-refractivity contribution in [1.29, 1.82) is 0 Å². The van der Waals surface area contributed by atoms with Gasteiger partial charge in [0.15, 0.2) is 0 Å². The van der Waals surface area contributed by atoms with Gasteiger partial charge in [-0.2, -0.15) is 0 Å². The van der Waals surface area contributed by atoms with Crippen LogP contribution >= 0.6 is 11.6 Å². The van der Waals surface area contributed by atoms with Gasteiger partial charge in [-0.3, -0.25) is 4.79 Å². The van der Waals surface area contributed by atoms with E-state index >= 15 is 0 Å². The average Bonchev–Trinajstić information content (AvgIpc) is 2.77. The Balaban J connectivity index is 2.28. The molecule has 5 heteroatoms. The minimum atomic E-state index is -0.914. The monoisotopic (exact) mass is 300 g/mol. The highest BCUT2D eigenvalue weighted by Gasteiger charge is 2.16. The summed E-state index contributed by atoms with van der Waals surface area (Å²) in [4.78, 5) is 15.7. The van der Waals surface area contributed by atoms with Crippen LogP contribution in [0.1, 0.15) is 5.56 Å². The molecule has 3 rings (SSSR count). The zero-order chi connectivity index (χ0) is 15.0. The van der Waals surface area contributed by atoms with E-state index in [1.165, 1.54) is 0 Å². The quantitative estimate of drug-likeness (QED) is 0.801. The van der Waals surface area contributed by atoms with Gasteiger partial charge < -0.3 is 9.67 Å². The van der Waals surface area contributed by atoms with E-state index in [1.54, 1.807) is 4.57 Å². The summed E-state index contributed by atoms with van der Waals surface area (Å²) in [6.45, 7) is 1.80. The number of aromatic nitrogens is 2. The van der Waals surface area contributed by atoms with Crippen LogP contribution in [0.2, 0.25) is 5.02 Å². The zero-order valence-corrected chi connectivity index (χ0v) is 12.1. The third-order valence-corrected chi connectivity index (χ3v) is 3.63. The number of benzene rings is 2. The van der Waals surface area contributed by atoms with Crippen molar-refractivity contribution in [3.63, 3.8) is 0 Å². The first-order chi connectivity index (χ1) is 10.1. The molecular weight excluding hydrogens is 288 g/mol. The number of carboxylic acids is 1. The number of carbonyl (C=O) groups is 1. The fraction of sp³-hybridized carbons (Fsp3) is 0.125. The van der Waals surface area contributed by atoms with Crippen LogP contribution in [0.25, 0.3) is 22.4 Å². The van der Waals surface area contributed by atoms with Crippen molar-refractivity contribution in [1.82, 2.24) is 9.55 Å². The Morgan fingerprint density at radius 3 is 2.76 bits per heavy atom. The van der Waals surface area contributed by atoms with Gasteiger partial charge in [-0.25, -0.2) is 4.98 Å². The number of aliphatic carboxylic acids is 1. The van der Waals surface area contributed by atoms with Gasteiger partial charge in [-0.05, 0) is 36.8 Å². The molecule has 106 valence electrons. The number of rotatable bonds is 3. The number of aryl methyl sites for hydroxylation is 1. The van der Waals surface area contributed by atoms with Gasteiger partial charge in [0.2, 0.25) is 0 Å². The first-order valence-electron chi connectivity index (χ1n) is 6.50. The summed E-state index contributed by atoms with van der Waals surface area (Å²) in [7, 11) is 0. The normalized spacial score (nSPS) is 11.0. The summed E-state index contributed by atoms with van der Waals surface area (Å²) >= 11 is 6.30. The highest BCUT2D eigenvalue weighted by Crippen LogP contribution is 2.30. The zero-order valence-electron chi connectivity index (χ0n) is 11.4. The smallest absolute Gasteiger partial charge is 0.323 e. The first-order valence-corrected chi connectivity index (χ1v) is 6.87. The van der Waals surface area contributed by atoms with Crippen molar-refractivity contribution in [3.8, 4) is 11.4 Å². The van der Waals surface area contributed by atoms with Crippen molar-refractivity contribution in [2.75, 3.05) is 0 Å². The molecule has 1 aromatic heterocycles. The van der Waals surface area contributed by atoms with Gasteiger partial charge in [0, 0.05) is 5.56 Å². The van der Waals surface area contributed by atoms with E-state index in [4.69, 9.17) is 16.7 Å². The molecular formula is C16H13ClN2O2. The van der Waals surface area contributed by atoms with Crippen molar-refractivity contribution in [3.05, 3.63) is 53.1 Å². The Morgan fingerprint density at radius 1 is 1.29 bits per heavy atom. The number of halogens is 1. The van der Waals surface area contributed by atoms with Crippen LogP contribution in [0.3, 0.4) is 0 Å². The van der Waals surface area contributed by atoms with Crippen LogP contribution < -0.4 is 0 Å². The number of fused-ring (bicyclic) bond motifs is 1.